The van der Waals surface area contributed by atoms with Crippen molar-refractivity contribution in [2.75, 3.05) is 24.7 Å². The third-order valence-electron chi connectivity index (χ3n) is 2.83. The van der Waals surface area contributed by atoms with Crippen molar-refractivity contribution in [1.82, 2.24) is 4.98 Å². The molecule has 2 aromatic rings. The molecule has 0 unspecified atom stereocenters. The normalized spacial score (nSPS) is 10.2. The van der Waals surface area contributed by atoms with Gasteiger partial charge in [0.2, 0.25) is 0 Å². The summed E-state index contributed by atoms with van der Waals surface area (Å²) < 4.78 is 5.12. The summed E-state index contributed by atoms with van der Waals surface area (Å²) in [5.41, 5.74) is 8.35. The lowest BCUT2D eigenvalue weighted by Crippen LogP contribution is -2.07. The molecule has 0 aliphatic carbocycles. The summed E-state index contributed by atoms with van der Waals surface area (Å²) in [5, 5.41) is 3.58. The molecule has 0 spiro atoms. The number of aromatic nitrogens is 1. The SMILES string of the molecule is COc1ccc(CCNc2ccnc(Cl)c2N)cc1. The molecule has 19 heavy (non-hydrogen) atoms. The summed E-state index contributed by atoms with van der Waals surface area (Å²) in [6.45, 7) is 0.775. The molecule has 0 fully saturated rings. The van der Waals surface area contributed by atoms with Gasteiger partial charge in [-0.15, -0.1) is 0 Å². The Morgan fingerprint density at radius 3 is 2.68 bits per heavy atom. The lowest BCUT2D eigenvalue weighted by molar-refractivity contribution is 0.414. The molecule has 1 heterocycles. The summed E-state index contributed by atoms with van der Waals surface area (Å²) in [6, 6.07) is 9.81. The maximum Gasteiger partial charge on any atom is 0.153 e. The number of pyridine rings is 1. The zero-order valence-corrected chi connectivity index (χ0v) is 11.4. The van der Waals surface area contributed by atoms with E-state index in [0.29, 0.717) is 10.8 Å². The Morgan fingerprint density at radius 1 is 1.26 bits per heavy atom. The number of anilines is 2. The number of methoxy groups -OCH3 is 1. The van der Waals surface area contributed by atoms with Crippen molar-refractivity contribution in [1.29, 1.82) is 0 Å². The Labute approximate surface area is 117 Å². The van der Waals surface area contributed by atoms with E-state index in [0.717, 1.165) is 24.4 Å². The quantitative estimate of drug-likeness (QED) is 0.825. The second-order valence-electron chi connectivity index (χ2n) is 4.09. The summed E-state index contributed by atoms with van der Waals surface area (Å²) in [7, 11) is 1.66. The highest BCUT2D eigenvalue weighted by molar-refractivity contribution is 6.32. The van der Waals surface area contributed by atoms with E-state index in [1.807, 2.05) is 30.3 Å². The average molecular weight is 278 g/mol. The van der Waals surface area contributed by atoms with Crippen molar-refractivity contribution in [3.63, 3.8) is 0 Å². The minimum absolute atomic E-state index is 0.328. The molecule has 0 atom stereocenters. The molecule has 0 radical (unpaired) electrons. The molecule has 0 amide bonds. The second kappa shape index (κ2) is 6.29. The fraction of sp³-hybridized carbons (Fsp3) is 0.214. The zero-order chi connectivity index (χ0) is 13.7. The molecule has 2 rings (SSSR count). The number of ether oxygens (including phenoxy) is 1. The van der Waals surface area contributed by atoms with E-state index in [1.54, 1.807) is 13.3 Å². The van der Waals surface area contributed by atoms with Crippen LogP contribution < -0.4 is 15.8 Å². The van der Waals surface area contributed by atoms with Crippen molar-refractivity contribution < 1.29 is 4.74 Å². The molecule has 0 bridgehead atoms. The maximum atomic E-state index is 5.85. The van der Waals surface area contributed by atoms with Crippen LogP contribution in [0.1, 0.15) is 5.56 Å². The van der Waals surface area contributed by atoms with Crippen LogP contribution in [-0.4, -0.2) is 18.6 Å². The monoisotopic (exact) mass is 277 g/mol. The summed E-state index contributed by atoms with van der Waals surface area (Å²) in [5.74, 6) is 0.863. The number of benzene rings is 1. The Hall–Kier alpha value is -1.94. The van der Waals surface area contributed by atoms with Crippen molar-refractivity contribution in [2.45, 2.75) is 6.42 Å². The predicted molar refractivity (Wildman–Crippen MR) is 78.8 cm³/mol. The van der Waals surface area contributed by atoms with Crippen LogP contribution in [0, 0.1) is 0 Å². The largest absolute Gasteiger partial charge is 0.497 e. The van der Waals surface area contributed by atoms with Crippen LogP contribution in [0.5, 0.6) is 5.75 Å². The van der Waals surface area contributed by atoms with E-state index in [1.165, 1.54) is 5.56 Å². The van der Waals surface area contributed by atoms with E-state index in [-0.39, 0.29) is 0 Å². The minimum atomic E-state index is 0.328. The third-order valence-corrected chi connectivity index (χ3v) is 3.13. The first-order valence-electron chi connectivity index (χ1n) is 5.97. The molecule has 100 valence electrons. The molecule has 0 saturated carbocycles. The summed E-state index contributed by atoms with van der Waals surface area (Å²) in [4.78, 5) is 3.91. The molecular formula is C14H16ClN3O. The first-order valence-corrected chi connectivity index (χ1v) is 6.35. The van der Waals surface area contributed by atoms with Crippen LogP contribution in [0.15, 0.2) is 36.5 Å². The van der Waals surface area contributed by atoms with Gasteiger partial charge < -0.3 is 15.8 Å². The van der Waals surface area contributed by atoms with Gasteiger partial charge in [-0.3, -0.25) is 0 Å². The van der Waals surface area contributed by atoms with Gasteiger partial charge in [-0.1, -0.05) is 23.7 Å². The van der Waals surface area contributed by atoms with Gasteiger partial charge in [0.15, 0.2) is 5.15 Å². The van der Waals surface area contributed by atoms with E-state index in [4.69, 9.17) is 22.1 Å². The van der Waals surface area contributed by atoms with Gasteiger partial charge in [-0.25, -0.2) is 4.98 Å². The van der Waals surface area contributed by atoms with Crippen LogP contribution >= 0.6 is 11.6 Å². The lowest BCUT2D eigenvalue weighted by atomic mass is 10.1. The topological polar surface area (TPSA) is 60.2 Å². The van der Waals surface area contributed by atoms with Gasteiger partial charge in [0.1, 0.15) is 5.75 Å². The van der Waals surface area contributed by atoms with Gasteiger partial charge in [0.25, 0.3) is 0 Å². The molecule has 4 nitrogen and oxygen atoms in total. The Kier molecular flexibility index (Phi) is 4.47. The molecule has 0 aliphatic rings. The Balaban J connectivity index is 1.90. The Morgan fingerprint density at radius 2 is 2.00 bits per heavy atom. The standard InChI is InChI=1S/C14H16ClN3O/c1-19-11-4-2-10(3-5-11)6-8-17-12-7-9-18-14(15)13(12)16/h2-5,7,9H,6,8,16H2,1H3,(H,17,18). The molecule has 1 aromatic carbocycles. The number of nitrogens with zero attached hydrogens (tertiary/aromatic N) is 1. The van der Waals surface area contributed by atoms with Gasteiger partial charge in [0.05, 0.1) is 18.5 Å². The number of rotatable bonds is 5. The molecule has 5 heteroatoms. The fourth-order valence-corrected chi connectivity index (χ4v) is 1.89. The number of nitrogens with one attached hydrogen (secondary N) is 1. The van der Waals surface area contributed by atoms with Crippen LogP contribution in [-0.2, 0) is 6.42 Å². The van der Waals surface area contributed by atoms with Crippen molar-refractivity contribution in [3.8, 4) is 5.75 Å². The second-order valence-corrected chi connectivity index (χ2v) is 4.45. The van der Waals surface area contributed by atoms with E-state index >= 15 is 0 Å². The van der Waals surface area contributed by atoms with Gasteiger partial charge >= 0.3 is 0 Å². The van der Waals surface area contributed by atoms with Crippen LogP contribution in [0.25, 0.3) is 0 Å². The highest BCUT2D eigenvalue weighted by Gasteiger charge is 2.03. The first-order chi connectivity index (χ1) is 9.20. The minimum Gasteiger partial charge on any atom is -0.497 e. The summed E-state index contributed by atoms with van der Waals surface area (Å²) >= 11 is 5.85. The number of hydrogen-bond donors (Lipinski definition) is 2. The zero-order valence-electron chi connectivity index (χ0n) is 10.7. The molecular weight excluding hydrogens is 262 g/mol. The molecule has 0 aliphatic heterocycles. The number of nitrogens with two attached hydrogens (primary N) is 1. The maximum absolute atomic E-state index is 5.85. The van der Waals surface area contributed by atoms with Gasteiger partial charge in [-0.2, -0.15) is 0 Å². The molecule has 1 aromatic heterocycles. The van der Waals surface area contributed by atoms with Crippen LogP contribution in [0.4, 0.5) is 11.4 Å². The van der Waals surface area contributed by atoms with E-state index in [9.17, 15) is 0 Å². The predicted octanol–water partition coefficient (Wildman–Crippen LogP) is 2.98. The van der Waals surface area contributed by atoms with Crippen LogP contribution in [0.3, 0.4) is 0 Å². The Bertz CT molecular complexity index is 543. The van der Waals surface area contributed by atoms with Crippen LogP contribution in [0.2, 0.25) is 5.15 Å². The average Bonchev–Trinajstić information content (AvgIpc) is 2.44. The lowest BCUT2D eigenvalue weighted by Gasteiger charge is -2.10. The summed E-state index contributed by atoms with van der Waals surface area (Å²) in [6.07, 6.45) is 2.53. The fourth-order valence-electron chi connectivity index (χ4n) is 1.74. The molecule has 3 N–H and O–H groups in total. The third kappa shape index (κ3) is 3.51. The molecule has 0 saturated heterocycles. The number of nitrogen functional groups attached to an aromatic ring is 1. The van der Waals surface area contributed by atoms with Crippen molar-refractivity contribution in [3.05, 3.63) is 47.2 Å². The van der Waals surface area contributed by atoms with Gasteiger partial charge in [-0.05, 0) is 30.2 Å². The highest BCUT2D eigenvalue weighted by Crippen LogP contribution is 2.24. The smallest absolute Gasteiger partial charge is 0.153 e. The highest BCUT2D eigenvalue weighted by atomic mass is 35.5. The number of hydrogen-bond acceptors (Lipinski definition) is 4. The van der Waals surface area contributed by atoms with E-state index in [2.05, 4.69) is 10.3 Å². The van der Waals surface area contributed by atoms with Crippen molar-refractivity contribution in [2.24, 2.45) is 0 Å². The van der Waals surface area contributed by atoms with Crippen molar-refractivity contribution >= 4 is 23.0 Å². The van der Waals surface area contributed by atoms with E-state index < -0.39 is 0 Å². The van der Waals surface area contributed by atoms with Gasteiger partial charge in [0, 0.05) is 12.7 Å². The first kappa shape index (κ1) is 13.5. The number of halogens is 1.